The summed E-state index contributed by atoms with van der Waals surface area (Å²) in [5.74, 6) is 0.911. The van der Waals surface area contributed by atoms with Crippen molar-refractivity contribution in [3.05, 3.63) is 29.0 Å². The van der Waals surface area contributed by atoms with Gasteiger partial charge in [-0.15, -0.1) is 10.2 Å². The molecule has 0 radical (unpaired) electrons. The summed E-state index contributed by atoms with van der Waals surface area (Å²) in [6.07, 6.45) is 0. The predicted molar refractivity (Wildman–Crippen MR) is 73.3 cm³/mol. The van der Waals surface area contributed by atoms with Crippen LogP contribution in [0.5, 0.6) is 5.88 Å². The monoisotopic (exact) mass is 278 g/mol. The largest absolute Gasteiger partial charge is 0.480 e. The quantitative estimate of drug-likeness (QED) is 0.791. The molecular formula is C13H15ClN4O. The van der Waals surface area contributed by atoms with Crippen LogP contribution in [0.15, 0.2) is 18.2 Å². The van der Waals surface area contributed by atoms with Gasteiger partial charge in [0.15, 0.2) is 5.82 Å². The topological polar surface area (TPSA) is 60.8 Å². The minimum Gasteiger partial charge on any atom is -0.480 e. The van der Waals surface area contributed by atoms with Crippen molar-refractivity contribution < 1.29 is 4.74 Å². The third-order valence-electron chi connectivity index (χ3n) is 2.54. The van der Waals surface area contributed by atoms with E-state index < -0.39 is 0 Å². The molecule has 2 aromatic rings. The van der Waals surface area contributed by atoms with Gasteiger partial charge in [0, 0.05) is 11.5 Å². The normalized spacial score (nSPS) is 11.4. The molecule has 0 N–H and O–H groups in total. The minimum atomic E-state index is -0.110. The van der Waals surface area contributed by atoms with Crippen molar-refractivity contribution >= 4 is 11.6 Å². The number of methoxy groups -OCH3 is 1. The van der Waals surface area contributed by atoms with Gasteiger partial charge in [-0.05, 0) is 12.1 Å². The maximum Gasteiger partial charge on any atom is 0.233 e. The molecule has 0 saturated heterocycles. The number of halogens is 1. The molecule has 6 heteroatoms. The van der Waals surface area contributed by atoms with Gasteiger partial charge in [-0.1, -0.05) is 32.4 Å². The van der Waals surface area contributed by atoms with Crippen LogP contribution in [0.2, 0.25) is 5.15 Å². The van der Waals surface area contributed by atoms with E-state index in [1.54, 1.807) is 18.2 Å². The first-order chi connectivity index (χ1) is 8.90. The summed E-state index contributed by atoms with van der Waals surface area (Å²) < 4.78 is 4.97. The van der Waals surface area contributed by atoms with Gasteiger partial charge in [0.2, 0.25) is 5.88 Å². The molecule has 2 aromatic heterocycles. The van der Waals surface area contributed by atoms with E-state index in [2.05, 4.69) is 40.9 Å². The number of hydrogen-bond donors (Lipinski definition) is 0. The SMILES string of the molecule is COc1ccc(-c2nc(Cl)cc(C(C)(C)C)n2)nn1. The van der Waals surface area contributed by atoms with E-state index in [4.69, 9.17) is 16.3 Å². The van der Waals surface area contributed by atoms with Crippen LogP contribution in [0.25, 0.3) is 11.5 Å². The number of ether oxygens (including phenoxy) is 1. The molecule has 0 saturated carbocycles. The van der Waals surface area contributed by atoms with Gasteiger partial charge in [-0.2, -0.15) is 0 Å². The Bertz CT molecular complexity index is 578. The lowest BCUT2D eigenvalue weighted by molar-refractivity contribution is 0.392. The molecule has 19 heavy (non-hydrogen) atoms. The van der Waals surface area contributed by atoms with Crippen molar-refractivity contribution in [2.75, 3.05) is 7.11 Å². The summed E-state index contributed by atoms with van der Waals surface area (Å²) >= 11 is 6.04. The fourth-order valence-corrected chi connectivity index (χ4v) is 1.65. The molecule has 0 aromatic carbocycles. The summed E-state index contributed by atoms with van der Waals surface area (Å²) in [5.41, 5.74) is 1.32. The Balaban J connectivity index is 2.46. The van der Waals surface area contributed by atoms with Crippen LogP contribution < -0.4 is 4.74 Å². The van der Waals surface area contributed by atoms with Gasteiger partial charge in [0.25, 0.3) is 0 Å². The highest BCUT2D eigenvalue weighted by atomic mass is 35.5. The van der Waals surface area contributed by atoms with Crippen molar-refractivity contribution in [2.24, 2.45) is 0 Å². The second-order valence-electron chi connectivity index (χ2n) is 5.11. The molecule has 0 atom stereocenters. The lowest BCUT2D eigenvalue weighted by atomic mass is 9.92. The van der Waals surface area contributed by atoms with Crippen molar-refractivity contribution in [2.45, 2.75) is 26.2 Å². The van der Waals surface area contributed by atoms with E-state index in [0.717, 1.165) is 5.69 Å². The van der Waals surface area contributed by atoms with E-state index in [1.165, 1.54) is 7.11 Å². The Morgan fingerprint density at radius 2 is 1.84 bits per heavy atom. The summed E-state index contributed by atoms with van der Waals surface area (Å²) in [6.45, 7) is 6.19. The van der Waals surface area contributed by atoms with Crippen LogP contribution in [0.3, 0.4) is 0 Å². The zero-order valence-corrected chi connectivity index (χ0v) is 12.1. The first-order valence-electron chi connectivity index (χ1n) is 5.83. The summed E-state index contributed by atoms with van der Waals surface area (Å²) in [6, 6.07) is 5.23. The molecule has 0 amide bonds. The summed E-state index contributed by atoms with van der Waals surface area (Å²) in [7, 11) is 1.54. The van der Waals surface area contributed by atoms with E-state index >= 15 is 0 Å². The Morgan fingerprint density at radius 1 is 1.11 bits per heavy atom. The lowest BCUT2D eigenvalue weighted by Gasteiger charge is -2.18. The molecule has 0 aliphatic carbocycles. The smallest absolute Gasteiger partial charge is 0.233 e. The van der Waals surface area contributed by atoms with Gasteiger partial charge in [0.1, 0.15) is 10.8 Å². The van der Waals surface area contributed by atoms with Crippen molar-refractivity contribution in [3.63, 3.8) is 0 Å². The molecule has 0 unspecified atom stereocenters. The molecule has 2 heterocycles. The van der Waals surface area contributed by atoms with Gasteiger partial charge in [-0.25, -0.2) is 9.97 Å². The maximum atomic E-state index is 6.04. The third kappa shape index (κ3) is 3.17. The molecule has 0 spiro atoms. The second kappa shape index (κ2) is 5.09. The third-order valence-corrected chi connectivity index (χ3v) is 2.74. The minimum absolute atomic E-state index is 0.110. The molecule has 0 aliphatic heterocycles. The van der Waals surface area contributed by atoms with Gasteiger partial charge < -0.3 is 4.74 Å². The van der Waals surface area contributed by atoms with Gasteiger partial charge in [-0.3, -0.25) is 0 Å². The fraction of sp³-hybridized carbons (Fsp3) is 0.385. The molecule has 5 nitrogen and oxygen atoms in total. The first kappa shape index (κ1) is 13.7. The number of nitrogens with zero attached hydrogens (tertiary/aromatic N) is 4. The van der Waals surface area contributed by atoms with E-state index in [-0.39, 0.29) is 5.41 Å². The Kier molecular flexibility index (Phi) is 3.66. The highest BCUT2D eigenvalue weighted by molar-refractivity contribution is 6.29. The summed E-state index contributed by atoms with van der Waals surface area (Å²) in [4.78, 5) is 8.68. The lowest BCUT2D eigenvalue weighted by Crippen LogP contribution is -2.14. The molecule has 0 fully saturated rings. The zero-order chi connectivity index (χ0) is 14.0. The van der Waals surface area contributed by atoms with E-state index in [9.17, 15) is 0 Å². The summed E-state index contributed by atoms with van der Waals surface area (Å²) in [5, 5.41) is 8.32. The average Bonchev–Trinajstić information content (AvgIpc) is 2.37. The number of rotatable bonds is 2. The first-order valence-corrected chi connectivity index (χ1v) is 6.21. The van der Waals surface area contributed by atoms with E-state index in [0.29, 0.717) is 22.6 Å². The fourth-order valence-electron chi connectivity index (χ4n) is 1.46. The van der Waals surface area contributed by atoms with Crippen LogP contribution >= 0.6 is 11.6 Å². The molecular weight excluding hydrogens is 264 g/mol. The predicted octanol–water partition coefficient (Wildman–Crippen LogP) is 2.89. The molecule has 0 bridgehead atoms. The van der Waals surface area contributed by atoms with Crippen LogP contribution in [0.4, 0.5) is 0 Å². The maximum absolute atomic E-state index is 6.04. The second-order valence-corrected chi connectivity index (χ2v) is 5.50. The van der Waals surface area contributed by atoms with Crippen LogP contribution in [-0.4, -0.2) is 27.3 Å². The Morgan fingerprint density at radius 3 is 2.37 bits per heavy atom. The Labute approximate surface area is 117 Å². The van der Waals surface area contributed by atoms with Crippen LogP contribution in [0, 0.1) is 0 Å². The molecule has 100 valence electrons. The van der Waals surface area contributed by atoms with Crippen LogP contribution in [-0.2, 0) is 5.41 Å². The molecule has 0 aliphatic rings. The molecule has 2 rings (SSSR count). The highest BCUT2D eigenvalue weighted by Gasteiger charge is 2.18. The van der Waals surface area contributed by atoms with Crippen molar-refractivity contribution in [1.82, 2.24) is 20.2 Å². The standard InChI is InChI=1S/C13H15ClN4O/c1-13(2,3)9-7-10(14)16-12(15-9)8-5-6-11(19-4)18-17-8/h5-7H,1-4H3. The number of aromatic nitrogens is 4. The van der Waals surface area contributed by atoms with Crippen molar-refractivity contribution in [3.8, 4) is 17.4 Å². The van der Waals surface area contributed by atoms with Gasteiger partial charge >= 0.3 is 0 Å². The van der Waals surface area contributed by atoms with Crippen molar-refractivity contribution in [1.29, 1.82) is 0 Å². The highest BCUT2D eigenvalue weighted by Crippen LogP contribution is 2.25. The Hall–Kier alpha value is -1.75. The van der Waals surface area contributed by atoms with E-state index in [1.807, 2.05) is 0 Å². The zero-order valence-electron chi connectivity index (χ0n) is 11.3. The van der Waals surface area contributed by atoms with Gasteiger partial charge in [0.05, 0.1) is 12.8 Å². The average molecular weight is 279 g/mol. The van der Waals surface area contributed by atoms with Crippen LogP contribution in [0.1, 0.15) is 26.5 Å². The number of hydrogen-bond acceptors (Lipinski definition) is 5.